The molecular formula is C26H27N3O3. The Hall–Kier alpha value is -3.80. The van der Waals surface area contributed by atoms with Crippen LogP contribution in [0.3, 0.4) is 0 Å². The monoisotopic (exact) mass is 429 g/mol. The molecule has 2 heterocycles. The molecule has 2 aromatic carbocycles. The summed E-state index contributed by atoms with van der Waals surface area (Å²) >= 11 is 0. The van der Waals surface area contributed by atoms with E-state index in [1.807, 2.05) is 61.9 Å². The van der Waals surface area contributed by atoms with E-state index in [9.17, 15) is 4.79 Å². The Morgan fingerprint density at radius 2 is 1.69 bits per heavy atom. The maximum atomic E-state index is 12.8. The molecule has 4 aromatic rings. The number of furan rings is 1. The third-order valence-electron chi connectivity index (χ3n) is 5.55. The molecule has 1 N–H and O–H groups in total. The summed E-state index contributed by atoms with van der Waals surface area (Å²) in [7, 11) is 0. The van der Waals surface area contributed by atoms with Crippen LogP contribution in [-0.4, -0.2) is 15.7 Å². The van der Waals surface area contributed by atoms with Crippen LogP contribution in [0.25, 0.3) is 0 Å². The topological polar surface area (TPSA) is 69.3 Å². The molecule has 0 saturated heterocycles. The van der Waals surface area contributed by atoms with Gasteiger partial charge in [0.1, 0.15) is 18.1 Å². The zero-order chi connectivity index (χ0) is 22.7. The maximum absolute atomic E-state index is 12.8. The number of aryl methyl sites for hydroxylation is 3. The van der Waals surface area contributed by atoms with Gasteiger partial charge in [0.2, 0.25) is 0 Å². The number of nitrogens with zero attached hydrogens (tertiary/aromatic N) is 2. The molecule has 2 aromatic heterocycles. The first kappa shape index (κ1) is 21.4. The van der Waals surface area contributed by atoms with E-state index < -0.39 is 0 Å². The molecule has 0 fully saturated rings. The van der Waals surface area contributed by atoms with Gasteiger partial charge in [-0.2, -0.15) is 5.10 Å². The molecule has 6 heteroatoms. The van der Waals surface area contributed by atoms with E-state index in [1.54, 1.807) is 12.1 Å². The highest BCUT2D eigenvalue weighted by atomic mass is 16.5. The lowest BCUT2D eigenvalue weighted by Gasteiger charge is -2.09. The number of carbonyl (C=O) groups is 1. The van der Waals surface area contributed by atoms with Crippen LogP contribution in [0.5, 0.6) is 5.75 Å². The van der Waals surface area contributed by atoms with Gasteiger partial charge in [-0.05, 0) is 62.6 Å². The van der Waals surface area contributed by atoms with Gasteiger partial charge in [-0.15, -0.1) is 0 Å². The van der Waals surface area contributed by atoms with Crippen LogP contribution in [0.1, 0.15) is 44.4 Å². The Bertz CT molecular complexity index is 1250. The molecule has 1 amide bonds. The van der Waals surface area contributed by atoms with E-state index in [4.69, 9.17) is 9.15 Å². The summed E-state index contributed by atoms with van der Waals surface area (Å²) in [6.45, 7) is 8.82. The summed E-state index contributed by atoms with van der Waals surface area (Å²) in [4.78, 5) is 12.8. The summed E-state index contributed by atoms with van der Waals surface area (Å²) in [5, 5.41) is 7.58. The van der Waals surface area contributed by atoms with Crippen molar-refractivity contribution in [3.8, 4) is 5.75 Å². The van der Waals surface area contributed by atoms with Crippen LogP contribution in [-0.2, 0) is 13.2 Å². The Morgan fingerprint density at radius 3 is 2.44 bits per heavy atom. The lowest BCUT2D eigenvalue weighted by Crippen LogP contribution is -2.12. The van der Waals surface area contributed by atoms with Crippen molar-refractivity contribution >= 4 is 11.6 Å². The van der Waals surface area contributed by atoms with Gasteiger partial charge in [0, 0.05) is 0 Å². The zero-order valence-corrected chi connectivity index (χ0v) is 18.8. The molecule has 4 rings (SSSR count). The van der Waals surface area contributed by atoms with Crippen LogP contribution in [0, 0.1) is 27.7 Å². The van der Waals surface area contributed by atoms with Gasteiger partial charge in [-0.1, -0.05) is 42.5 Å². The minimum Gasteiger partial charge on any atom is -0.485 e. The predicted octanol–water partition coefficient (Wildman–Crippen LogP) is 5.59. The molecule has 0 spiro atoms. The fourth-order valence-electron chi connectivity index (χ4n) is 3.60. The first-order chi connectivity index (χ1) is 15.4. The van der Waals surface area contributed by atoms with Crippen molar-refractivity contribution in [3.05, 3.63) is 100 Å². The fourth-order valence-corrected chi connectivity index (χ4v) is 3.60. The highest BCUT2D eigenvalue weighted by Crippen LogP contribution is 2.23. The summed E-state index contributed by atoms with van der Waals surface area (Å²) in [5.41, 5.74) is 5.82. The average Bonchev–Trinajstić information content (AvgIpc) is 3.35. The van der Waals surface area contributed by atoms with Crippen molar-refractivity contribution in [1.29, 1.82) is 0 Å². The Morgan fingerprint density at radius 1 is 0.969 bits per heavy atom. The minimum atomic E-state index is -0.311. The predicted molar refractivity (Wildman–Crippen MR) is 124 cm³/mol. The first-order valence-corrected chi connectivity index (χ1v) is 10.6. The number of anilines is 1. The standard InChI is InChI=1S/C26H27N3O3/c1-17-9-5-7-11-21(17)15-29-20(4)25(19(3)28-29)27-26(30)24-14-13-22(32-24)16-31-23-12-8-6-10-18(23)2/h5-14H,15-16H2,1-4H3,(H,27,30). The zero-order valence-electron chi connectivity index (χ0n) is 18.8. The van der Waals surface area contributed by atoms with Crippen molar-refractivity contribution in [3.63, 3.8) is 0 Å². The number of amides is 1. The highest BCUT2D eigenvalue weighted by molar-refractivity contribution is 6.02. The summed E-state index contributed by atoms with van der Waals surface area (Å²) in [5.74, 6) is 1.30. The molecule has 0 saturated carbocycles. The number of hydrogen-bond donors (Lipinski definition) is 1. The van der Waals surface area contributed by atoms with Crippen molar-refractivity contribution in [2.45, 2.75) is 40.8 Å². The molecule has 0 aliphatic heterocycles. The third-order valence-corrected chi connectivity index (χ3v) is 5.55. The second-order valence-electron chi connectivity index (χ2n) is 7.90. The molecule has 0 aliphatic rings. The van der Waals surface area contributed by atoms with Crippen molar-refractivity contribution in [1.82, 2.24) is 9.78 Å². The number of carbonyl (C=O) groups excluding carboxylic acids is 1. The molecule has 0 radical (unpaired) electrons. The number of para-hydroxylation sites is 1. The molecule has 32 heavy (non-hydrogen) atoms. The van der Waals surface area contributed by atoms with Crippen molar-refractivity contribution in [2.24, 2.45) is 0 Å². The van der Waals surface area contributed by atoms with Gasteiger partial charge in [0.25, 0.3) is 5.91 Å². The number of ether oxygens (including phenoxy) is 1. The number of aromatic nitrogens is 2. The largest absolute Gasteiger partial charge is 0.485 e. The Balaban J connectivity index is 1.44. The lowest BCUT2D eigenvalue weighted by molar-refractivity contribution is 0.0992. The van der Waals surface area contributed by atoms with Gasteiger partial charge in [0.05, 0.1) is 23.6 Å². The van der Waals surface area contributed by atoms with Crippen LogP contribution in [0.15, 0.2) is 65.1 Å². The molecule has 0 unspecified atom stereocenters. The molecular weight excluding hydrogens is 402 g/mol. The Kier molecular flexibility index (Phi) is 6.12. The van der Waals surface area contributed by atoms with Gasteiger partial charge in [0.15, 0.2) is 5.76 Å². The fraction of sp³-hybridized carbons (Fsp3) is 0.231. The second kappa shape index (κ2) is 9.14. The van der Waals surface area contributed by atoms with Gasteiger partial charge in [-0.3, -0.25) is 9.48 Å². The van der Waals surface area contributed by atoms with E-state index in [-0.39, 0.29) is 18.3 Å². The molecule has 0 bridgehead atoms. The van der Waals surface area contributed by atoms with Crippen molar-refractivity contribution < 1.29 is 13.9 Å². The Labute approximate surface area is 187 Å². The number of benzene rings is 2. The van der Waals surface area contributed by atoms with E-state index in [1.165, 1.54) is 11.1 Å². The van der Waals surface area contributed by atoms with Crippen LogP contribution in [0.4, 0.5) is 5.69 Å². The lowest BCUT2D eigenvalue weighted by atomic mass is 10.1. The van der Waals surface area contributed by atoms with E-state index >= 15 is 0 Å². The van der Waals surface area contributed by atoms with E-state index in [0.29, 0.717) is 18.0 Å². The summed E-state index contributed by atoms with van der Waals surface area (Å²) < 4.78 is 13.4. The average molecular weight is 430 g/mol. The van der Waals surface area contributed by atoms with Crippen LogP contribution in [0.2, 0.25) is 0 Å². The summed E-state index contributed by atoms with van der Waals surface area (Å²) in [6, 6.07) is 19.4. The van der Waals surface area contributed by atoms with Gasteiger partial charge >= 0.3 is 0 Å². The third kappa shape index (κ3) is 4.59. The second-order valence-corrected chi connectivity index (χ2v) is 7.90. The number of rotatable bonds is 7. The molecule has 0 atom stereocenters. The SMILES string of the molecule is Cc1ccccc1Cn1nc(C)c(NC(=O)c2ccc(COc3ccccc3C)o2)c1C. The van der Waals surface area contributed by atoms with Gasteiger partial charge in [-0.25, -0.2) is 0 Å². The highest BCUT2D eigenvalue weighted by Gasteiger charge is 2.18. The van der Waals surface area contributed by atoms with Crippen LogP contribution >= 0.6 is 0 Å². The number of hydrogen-bond acceptors (Lipinski definition) is 4. The molecule has 6 nitrogen and oxygen atoms in total. The van der Waals surface area contributed by atoms with E-state index in [0.717, 1.165) is 22.7 Å². The van der Waals surface area contributed by atoms with E-state index in [2.05, 4.69) is 29.5 Å². The first-order valence-electron chi connectivity index (χ1n) is 10.6. The summed E-state index contributed by atoms with van der Waals surface area (Å²) in [6.07, 6.45) is 0. The van der Waals surface area contributed by atoms with Crippen LogP contribution < -0.4 is 10.1 Å². The molecule has 164 valence electrons. The maximum Gasteiger partial charge on any atom is 0.291 e. The minimum absolute atomic E-state index is 0.235. The quantitative estimate of drug-likeness (QED) is 0.416. The van der Waals surface area contributed by atoms with Gasteiger partial charge < -0.3 is 14.5 Å². The normalized spacial score (nSPS) is 10.9. The smallest absolute Gasteiger partial charge is 0.291 e. The molecule has 0 aliphatic carbocycles. The van der Waals surface area contributed by atoms with Crippen molar-refractivity contribution in [2.75, 3.05) is 5.32 Å². The number of nitrogens with one attached hydrogen (secondary N) is 1.